The van der Waals surface area contributed by atoms with E-state index in [1.165, 1.54) is 7.11 Å². The Morgan fingerprint density at radius 3 is 2.53 bits per heavy atom. The molecule has 1 saturated carbocycles. The van der Waals surface area contributed by atoms with Crippen molar-refractivity contribution in [2.45, 2.75) is 25.8 Å². The Hall–Kier alpha value is -0.660. The molecule has 0 heterocycles. The monoisotopic (exact) mass is 236 g/mol. The van der Waals surface area contributed by atoms with E-state index in [4.69, 9.17) is 0 Å². The first-order valence-electron chi connectivity index (χ1n) is 4.83. The largest absolute Gasteiger partial charge is 0.468 e. The van der Waals surface area contributed by atoms with Crippen LogP contribution in [0.15, 0.2) is 0 Å². The van der Waals surface area contributed by atoms with Gasteiger partial charge in [-0.3, -0.25) is 4.79 Å². The van der Waals surface area contributed by atoms with Crippen molar-refractivity contribution < 1.29 is 17.9 Å². The van der Waals surface area contributed by atoms with Gasteiger partial charge in [-0.1, -0.05) is 6.92 Å². The van der Waals surface area contributed by atoms with Crippen molar-refractivity contribution >= 4 is 16.2 Å². The number of nitrogens with one attached hydrogen (secondary N) is 1. The van der Waals surface area contributed by atoms with Crippen LogP contribution in [0.4, 0.5) is 0 Å². The van der Waals surface area contributed by atoms with E-state index in [1.54, 1.807) is 6.92 Å². The molecule has 6 nitrogen and oxygen atoms in total. The molecule has 7 heteroatoms. The molecule has 0 saturated heterocycles. The first-order chi connectivity index (χ1) is 6.99. The van der Waals surface area contributed by atoms with Crippen LogP contribution in [0.3, 0.4) is 0 Å². The number of nitrogens with zero attached hydrogens (tertiary/aromatic N) is 1. The first kappa shape index (κ1) is 12.4. The fourth-order valence-corrected chi connectivity index (χ4v) is 2.48. The molecular formula is C8H16N2O4S. The molecule has 0 unspecified atom stereocenters. The number of rotatable bonds is 6. The molecule has 0 spiro atoms. The average Bonchev–Trinajstić information content (AvgIpc) is 2.96. The number of methoxy groups -OCH3 is 1. The molecule has 1 N–H and O–H groups in total. The van der Waals surface area contributed by atoms with Crippen molar-refractivity contribution in [2.75, 3.05) is 20.2 Å². The van der Waals surface area contributed by atoms with Gasteiger partial charge in [0.1, 0.15) is 6.54 Å². The maximum absolute atomic E-state index is 11.7. The SMILES string of the molecule is CCN(CC(=O)OC)S(=O)(=O)NC1CC1. The van der Waals surface area contributed by atoms with Crippen LogP contribution < -0.4 is 4.72 Å². The Morgan fingerprint density at radius 1 is 1.53 bits per heavy atom. The van der Waals surface area contributed by atoms with E-state index in [0.29, 0.717) is 0 Å². The number of ether oxygens (including phenoxy) is 1. The number of esters is 1. The van der Waals surface area contributed by atoms with Gasteiger partial charge in [-0.05, 0) is 12.8 Å². The lowest BCUT2D eigenvalue weighted by atomic mass is 10.6. The lowest BCUT2D eigenvalue weighted by Gasteiger charge is -2.19. The molecule has 88 valence electrons. The zero-order chi connectivity index (χ0) is 11.5. The molecular weight excluding hydrogens is 220 g/mol. The van der Waals surface area contributed by atoms with E-state index in [9.17, 15) is 13.2 Å². The molecule has 0 amide bonds. The summed E-state index contributed by atoms with van der Waals surface area (Å²) in [5.41, 5.74) is 0. The van der Waals surface area contributed by atoms with Crippen LogP contribution in [0.2, 0.25) is 0 Å². The molecule has 1 aliphatic carbocycles. The maximum atomic E-state index is 11.7. The minimum absolute atomic E-state index is 0.0432. The predicted octanol–water partition coefficient (Wildman–Crippen LogP) is -0.522. The van der Waals surface area contributed by atoms with E-state index in [1.807, 2.05) is 0 Å². The second-order valence-corrected chi connectivity index (χ2v) is 5.10. The minimum atomic E-state index is -3.53. The van der Waals surface area contributed by atoms with Gasteiger partial charge in [-0.2, -0.15) is 17.4 Å². The van der Waals surface area contributed by atoms with Crippen molar-refractivity contribution in [3.63, 3.8) is 0 Å². The van der Waals surface area contributed by atoms with Crippen LogP contribution in [0, 0.1) is 0 Å². The summed E-state index contributed by atoms with van der Waals surface area (Å²) in [7, 11) is -2.30. The van der Waals surface area contributed by atoms with Crippen LogP contribution in [-0.4, -0.2) is 44.9 Å². The lowest BCUT2D eigenvalue weighted by Crippen LogP contribution is -2.44. The highest BCUT2D eigenvalue weighted by molar-refractivity contribution is 7.87. The molecule has 1 aliphatic rings. The van der Waals surface area contributed by atoms with E-state index < -0.39 is 16.2 Å². The van der Waals surface area contributed by atoms with Crippen molar-refractivity contribution in [3.05, 3.63) is 0 Å². The Kier molecular flexibility index (Phi) is 4.06. The normalized spacial score (nSPS) is 16.7. The van der Waals surface area contributed by atoms with Crippen LogP contribution in [0.25, 0.3) is 0 Å². The second kappa shape index (κ2) is 4.91. The molecule has 0 radical (unpaired) electrons. The number of carbonyl (C=O) groups excluding carboxylic acids is 1. The van der Waals surface area contributed by atoms with E-state index >= 15 is 0 Å². The smallest absolute Gasteiger partial charge is 0.321 e. The van der Waals surface area contributed by atoms with Gasteiger partial charge in [0, 0.05) is 12.6 Å². The fourth-order valence-electron chi connectivity index (χ4n) is 1.06. The molecule has 15 heavy (non-hydrogen) atoms. The molecule has 0 aromatic rings. The van der Waals surface area contributed by atoms with Crippen LogP contribution in [-0.2, 0) is 19.7 Å². The highest BCUT2D eigenvalue weighted by atomic mass is 32.2. The van der Waals surface area contributed by atoms with Crippen molar-refractivity contribution in [1.82, 2.24) is 9.03 Å². The minimum Gasteiger partial charge on any atom is -0.468 e. The maximum Gasteiger partial charge on any atom is 0.321 e. The van der Waals surface area contributed by atoms with Gasteiger partial charge in [0.25, 0.3) is 10.2 Å². The third-order valence-corrected chi connectivity index (χ3v) is 3.82. The van der Waals surface area contributed by atoms with Gasteiger partial charge in [0.05, 0.1) is 7.11 Å². The molecule has 1 rings (SSSR count). The Morgan fingerprint density at radius 2 is 2.13 bits per heavy atom. The summed E-state index contributed by atoms with van der Waals surface area (Å²) in [6, 6.07) is 0.0432. The molecule has 0 aromatic carbocycles. The Labute approximate surface area is 89.8 Å². The predicted molar refractivity (Wildman–Crippen MR) is 54.3 cm³/mol. The molecule has 0 aliphatic heterocycles. The second-order valence-electron chi connectivity index (χ2n) is 3.40. The fraction of sp³-hybridized carbons (Fsp3) is 0.875. The van der Waals surface area contributed by atoms with Crippen molar-refractivity contribution in [3.8, 4) is 0 Å². The summed E-state index contributed by atoms with van der Waals surface area (Å²) in [6.45, 7) is 1.68. The van der Waals surface area contributed by atoms with Crippen molar-refractivity contribution in [2.24, 2.45) is 0 Å². The molecule has 0 aromatic heterocycles. The van der Waals surface area contributed by atoms with Gasteiger partial charge in [-0.25, -0.2) is 0 Å². The number of carbonyl (C=O) groups is 1. The number of hydrogen-bond donors (Lipinski definition) is 1. The Bertz CT molecular complexity index is 324. The van der Waals surface area contributed by atoms with Crippen LogP contribution >= 0.6 is 0 Å². The highest BCUT2D eigenvalue weighted by Crippen LogP contribution is 2.20. The van der Waals surface area contributed by atoms with E-state index in [0.717, 1.165) is 17.1 Å². The number of hydrogen-bond acceptors (Lipinski definition) is 4. The summed E-state index contributed by atoms with van der Waals surface area (Å²) < 4.78 is 31.3. The van der Waals surface area contributed by atoms with Gasteiger partial charge >= 0.3 is 5.97 Å². The third-order valence-electron chi connectivity index (χ3n) is 2.12. The highest BCUT2D eigenvalue weighted by Gasteiger charge is 2.31. The summed E-state index contributed by atoms with van der Waals surface area (Å²) in [6.07, 6.45) is 1.74. The third kappa shape index (κ3) is 3.77. The van der Waals surface area contributed by atoms with Gasteiger partial charge < -0.3 is 4.74 Å². The van der Waals surface area contributed by atoms with Crippen LogP contribution in [0.1, 0.15) is 19.8 Å². The zero-order valence-electron chi connectivity index (χ0n) is 8.89. The van der Waals surface area contributed by atoms with Crippen molar-refractivity contribution in [1.29, 1.82) is 0 Å². The van der Waals surface area contributed by atoms with Gasteiger partial charge in [-0.15, -0.1) is 0 Å². The quantitative estimate of drug-likeness (QED) is 0.629. The summed E-state index contributed by atoms with van der Waals surface area (Å²) in [4.78, 5) is 11.0. The van der Waals surface area contributed by atoms with Gasteiger partial charge in [0.2, 0.25) is 0 Å². The molecule has 1 fully saturated rings. The Balaban J connectivity index is 2.58. The van der Waals surface area contributed by atoms with E-state index in [-0.39, 0.29) is 19.1 Å². The summed E-state index contributed by atoms with van der Waals surface area (Å²) in [5.74, 6) is -0.557. The lowest BCUT2D eigenvalue weighted by molar-refractivity contribution is -0.140. The van der Waals surface area contributed by atoms with E-state index in [2.05, 4.69) is 9.46 Å². The summed E-state index contributed by atoms with van der Waals surface area (Å²) in [5, 5.41) is 0. The van der Waals surface area contributed by atoms with Crippen LogP contribution in [0.5, 0.6) is 0 Å². The first-order valence-corrected chi connectivity index (χ1v) is 6.27. The number of likely N-dealkylation sites (N-methyl/N-ethyl adjacent to an activating group) is 1. The molecule has 0 atom stereocenters. The van der Waals surface area contributed by atoms with Gasteiger partial charge in [0.15, 0.2) is 0 Å². The zero-order valence-corrected chi connectivity index (χ0v) is 9.71. The summed E-state index contributed by atoms with van der Waals surface area (Å²) >= 11 is 0. The standard InChI is InChI=1S/C8H16N2O4S/c1-3-10(6-8(11)14-2)15(12,13)9-7-4-5-7/h7,9H,3-6H2,1-2H3. The topological polar surface area (TPSA) is 75.7 Å². The average molecular weight is 236 g/mol. The molecule has 0 bridgehead atoms.